The predicted octanol–water partition coefficient (Wildman–Crippen LogP) is 3.80. The van der Waals surface area contributed by atoms with Crippen LogP contribution in [0.15, 0.2) is 72.8 Å². The van der Waals surface area contributed by atoms with E-state index in [-0.39, 0.29) is 5.91 Å². The summed E-state index contributed by atoms with van der Waals surface area (Å²) in [7, 11) is 0.443. The largest absolute Gasteiger partial charge is 0.488 e. The average Bonchev–Trinajstić information content (AvgIpc) is 2.90. The highest BCUT2D eigenvalue weighted by molar-refractivity contribution is 6.58. The first kappa shape index (κ1) is 25.7. The zero-order chi connectivity index (χ0) is 24.5. The number of amides is 1. The highest BCUT2D eigenvalue weighted by Gasteiger charge is 2.25. The fourth-order valence-corrected chi connectivity index (χ4v) is 4.47. The van der Waals surface area contributed by atoms with Gasteiger partial charge < -0.3 is 20.3 Å². The fraction of sp³-hybridized carbons (Fsp3) is 0.321. The number of benzene rings is 3. The molecule has 1 amide bonds. The number of hydrogen-bond acceptors (Lipinski definition) is 4. The van der Waals surface area contributed by atoms with Crippen LogP contribution in [0.25, 0.3) is 11.1 Å². The number of rotatable bonds is 6. The minimum absolute atomic E-state index is 0.0487. The topological polar surface area (TPSA) is 72.8 Å². The Kier molecular flexibility index (Phi) is 9.46. The Balaban J connectivity index is 0.00000158. The molecule has 1 fully saturated rings. The van der Waals surface area contributed by atoms with Gasteiger partial charge in [0.1, 0.15) is 0 Å². The van der Waals surface area contributed by atoms with E-state index in [4.69, 9.17) is 0 Å². The van der Waals surface area contributed by atoms with E-state index >= 15 is 0 Å². The van der Waals surface area contributed by atoms with Crippen LogP contribution in [-0.2, 0) is 6.54 Å². The lowest BCUT2D eigenvalue weighted by Gasteiger charge is -2.32. The summed E-state index contributed by atoms with van der Waals surface area (Å²) in [5, 5.41) is 22.1. The Bertz CT molecular complexity index is 1080. The van der Waals surface area contributed by atoms with Gasteiger partial charge in [-0.1, -0.05) is 74.5 Å². The Labute approximate surface area is 203 Å². The molecule has 0 aromatic heterocycles. The van der Waals surface area contributed by atoms with Crippen molar-refractivity contribution in [2.24, 2.45) is 0 Å². The molecular formula is C28H35BN2O3. The molecule has 3 N–H and O–H groups in total. The van der Waals surface area contributed by atoms with E-state index in [2.05, 4.69) is 29.6 Å². The Hall–Kier alpha value is -2.93. The Morgan fingerprint density at radius 1 is 0.941 bits per heavy atom. The molecule has 1 aliphatic rings. The number of carbonyl (C=O) groups is 1. The molecule has 4 rings (SSSR count). The molecule has 1 saturated heterocycles. The summed E-state index contributed by atoms with van der Waals surface area (Å²) in [6.07, 6.45) is 1.93. The highest BCUT2D eigenvalue weighted by atomic mass is 16.4. The molecule has 0 radical (unpaired) electrons. The van der Waals surface area contributed by atoms with Crippen LogP contribution in [0.2, 0.25) is 0 Å². The third-order valence-electron chi connectivity index (χ3n) is 6.21. The number of carbonyl (C=O) groups excluding carboxylic acids is 1. The van der Waals surface area contributed by atoms with Gasteiger partial charge in [0.2, 0.25) is 0 Å². The number of piperidine rings is 1. The van der Waals surface area contributed by atoms with Crippen LogP contribution in [0.4, 0.5) is 0 Å². The van der Waals surface area contributed by atoms with E-state index in [0.29, 0.717) is 16.9 Å². The molecule has 0 atom stereocenters. The van der Waals surface area contributed by atoms with Crippen LogP contribution in [-0.4, -0.2) is 48.1 Å². The number of likely N-dealkylation sites (tertiary alicyclic amines) is 1. The van der Waals surface area contributed by atoms with Crippen LogP contribution in [0, 0.1) is 0 Å². The van der Waals surface area contributed by atoms with Gasteiger partial charge in [-0.05, 0) is 65.7 Å². The quantitative estimate of drug-likeness (QED) is 0.492. The zero-order valence-corrected chi connectivity index (χ0v) is 20.4. The van der Waals surface area contributed by atoms with Crippen LogP contribution in [0.3, 0.4) is 0 Å². The molecule has 5 nitrogen and oxygen atoms in total. The van der Waals surface area contributed by atoms with Gasteiger partial charge >= 0.3 is 7.12 Å². The van der Waals surface area contributed by atoms with Gasteiger partial charge in [0.25, 0.3) is 5.91 Å². The Morgan fingerprint density at radius 2 is 1.59 bits per heavy atom. The lowest BCUT2D eigenvalue weighted by Crippen LogP contribution is -2.37. The van der Waals surface area contributed by atoms with Crippen LogP contribution < -0.4 is 10.8 Å². The van der Waals surface area contributed by atoms with Gasteiger partial charge in [0.05, 0.1) is 0 Å². The molecular weight excluding hydrogens is 423 g/mol. The van der Waals surface area contributed by atoms with Crippen molar-refractivity contribution in [2.45, 2.75) is 39.2 Å². The molecule has 3 aromatic carbocycles. The molecule has 3 aromatic rings. The number of nitrogens with zero attached hydrogens (tertiary/aromatic N) is 1. The summed E-state index contributed by atoms with van der Waals surface area (Å²) in [6.45, 7) is 6.36. The third-order valence-corrected chi connectivity index (χ3v) is 6.21. The van der Waals surface area contributed by atoms with Crippen LogP contribution in [0.1, 0.15) is 54.1 Å². The maximum atomic E-state index is 13.2. The molecule has 0 spiro atoms. The van der Waals surface area contributed by atoms with Gasteiger partial charge in [-0.25, -0.2) is 0 Å². The van der Waals surface area contributed by atoms with E-state index in [1.54, 1.807) is 18.2 Å². The van der Waals surface area contributed by atoms with Crippen molar-refractivity contribution in [1.82, 2.24) is 10.2 Å². The van der Waals surface area contributed by atoms with Gasteiger partial charge in [-0.2, -0.15) is 0 Å². The van der Waals surface area contributed by atoms with Crippen molar-refractivity contribution >= 4 is 18.5 Å². The van der Waals surface area contributed by atoms with Crippen molar-refractivity contribution in [3.05, 3.63) is 89.5 Å². The molecule has 6 heteroatoms. The highest BCUT2D eigenvalue weighted by Crippen LogP contribution is 2.29. The first-order valence-corrected chi connectivity index (χ1v) is 12.1. The standard InChI is InChI=1S/C26H29BN2O3.C2H6/c1-28-18-19-5-2-6-21(15-19)20-11-13-29(14-12-20)26(30)24-9-3-7-22(16-24)23-8-4-10-25(17-23)27(31)32;1-2/h2-10,15-17,20,28,31-32H,11-14,18H2,1H3;1-2H3. The molecule has 0 saturated carbocycles. The third kappa shape index (κ3) is 6.35. The van der Waals surface area contributed by atoms with E-state index in [1.165, 1.54) is 11.1 Å². The molecule has 34 heavy (non-hydrogen) atoms. The first-order valence-electron chi connectivity index (χ1n) is 12.1. The van der Waals surface area contributed by atoms with Gasteiger partial charge in [0, 0.05) is 25.2 Å². The summed E-state index contributed by atoms with van der Waals surface area (Å²) in [5.41, 5.74) is 5.47. The summed E-state index contributed by atoms with van der Waals surface area (Å²) >= 11 is 0. The van der Waals surface area contributed by atoms with Gasteiger partial charge in [-0.3, -0.25) is 4.79 Å². The van der Waals surface area contributed by atoms with Crippen molar-refractivity contribution in [3.8, 4) is 11.1 Å². The lowest BCUT2D eigenvalue weighted by atomic mass is 9.79. The second-order valence-corrected chi connectivity index (χ2v) is 8.42. The van der Waals surface area contributed by atoms with E-state index in [0.717, 1.165) is 43.6 Å². The van der Waals surface area contributed by atoms with Crippen LogP contribution in [0.5, 0.6) is 0 Å². The minimum Gasteiger partial charge on any atom is -0.423 e. The van der Waals surface area contributed by atoms with Crippen LogP contribution >= 0.6 is 0 Å². The SMILES string of the molecule is CC.CNCc1cccc(C2CCN(C(=O)c3cccc(-c4cccc(B(O)O)c4)c3)CC2)c1. The van der Waals surface area contributed by atoms with E-state index < -0.39 is 7.12 Å². The predicted molar refractivity (Wildman–Crippen MR) is 140 cm³/mol. The second kappa shape index (κ2) is 12.5. The second-order valence-electron chi connectivity index (χ2n) is 8.42. The minimum atomic E-state index is -1.51. The van der Waals surface area contributed by atoms with Crippen molar-refractivity contribution in [3.63, 3.8) is 0 Å². The summed E-state index contributed by atoms with van der Waals surface area (Å²) in [6, 6.07) is 23.4. The lowest BCUT2D eigenvalue weighted by molar-refractivity contribution is 0.0713. The average molecular weight is 458 g/mol. The smallest absolute Gasteiger partial charge is 0.423 e. The summed E-state index contributed by atoms with van der Waals surface area (Å²) in [5.74, 6) is 0.530. The maximum absolute atomic E-state index is 13.2. The molecule has 0 aliphatic carbocycles. The summed E-state index contributed by atoms with van der Waals surface area (Å²) < 4.78 is 0. The molecule has 0 unspecified atom stereocenters. The van der Waals surface area contributed by atoms with E-state index in [9.17, 15) is 14.8 Å². The number of hydrogen-bond donors (Lipinski definition) is 3. The van der Waals surface area contributed by atoms with Crippen molar-refractivity contribution < 1.29 is 14.8 Å². The Morgan fingerprint density at radius 3 is 2.26 bits per heavy atom. The molecule has 178 valence electrons. The zero-order valence-electron chi connectivity index (χ0n) is 20.4. The molecule has 0 bridgehead atoms. The number of nitrogens with one attached hydrogen (secondary N) is 1. The maximum Gasteiger partial charge on any atom is 0.488 e. The normalized spacial score (nSPS) is 13.7. The van der Waals surface area contributed by atoms with E-state index in [1.807, 2.05) is 56.1 Å². The fourth-order valence-electron chi connectivity index (χ4n) is 4.47. The first-order chi connectivity index (χ1) is 16.5. The van der Waals surface area contributed by atoms with Crippen molar-refractivity contribution in [1.29, 1.82) is 0 Å². The van der Waals surface area contributed by atoms with Crippen molar-refractivity contribution in [2.75, 3.05) is 20.1 Å². The molecule has 1 aliphatic heterocycles. The van der Waals surface area contributed by atoms with Gasteiger partial charge in [0.15, 0.2) is 0 Å². The van der Waals surface area contributed by atoms with Gasteiger partial charge in [-0.15, -0.1) is 0 Å². The monoisotopic (exact) mass is 458 g/mol. The molecule has 1 heterocycles. The summed E-state index contributed by atoms with van der Waals surface area (Å²) in [4.78, 5) is 15.1.